The van der Waals surface area contributed by atoms with Crippen molar-refractivity contribution in [2.24, 2.45) is 11.3 Å². The van der Waals surface area contributed by atoms with E-state index < -0.39 is 0 Å². The molecule has 1 aliphatic heterocycles. The first-order valence-electron chi connectivity index (χ1n) is 8.37. The summed E-state index contributed by atoms with van der Waals surface area (Å²) in [5, 5.41) is 3.45. The highest BCUT2D eigenvalue weighted by Crippen LogP contribution is 2.38. The van der Waals surface area contributed by atoms with E-state index in [0.29, 0.717) is 24.0 Å². The average Bonchev–Trinajstić information content (AvgIpc) is 2.79. The number of aromatic nitrogens is 1. The van der Waals surface area contributed by atoms with Gasteiger partial charge in [0, 0.05) is 13.0 Å². The van der Waals surface area contributed by atoms with Crippen LogP contribution >= 0.6 is 11.3 Å². The fraction of sp³-hybridized carbons (Fsp3) is 0.706. The van der Waals surface area contributed by atoms with E-state index in [1.807, 2.05) is 0 Å². The number of likely N-dealkylation sites (tertiary alicyclic amines) is 1. The fourth-order valence-corrected chi connectivity index (χ4v) is 4.50. The van der Waals surface area contributed by atoms with Crippen LogP contribution in [0, 0.1) is 11.3 Å². The van der Waals surface area contributed by atoms with Crippen LogP contribution in [0.25, 0.3) is 0 Å². The molecule has 0 bridgehead atoms. The van der Waals surface area contributed by atoms with Gasteiger partial charge >= 0.3 is 0 Å². The number of nitrogens with zero attached hydrogens (tertiary/aromatic N) is 2. The molecule has 0 aromatic carbocycles. The first-order chi connectivity index (χ1) is 10.8. The van der Waals surface area contributed by atoms with E-state index in [1.54, 1.807) is 0 Å². The third-order valence-corrected chi connectivity index (χ3v) is 5.64. The van der Waals surface area contributed by atoms with Gasteiger partial charge in [0.05, 0.1) is 17.1 Å². The number of fused-ring (bicyclic) bond motifs is 1. The summed E-state index contributed by atoms with van der Waals surface area (Å²) in [7, 11) is 0. The molecular formula is C17H25N3O2S. The zero-order valence-electron chi connectivity index (χ0n) is 14.1. The number of hydrogen-bond acceptors (Lipinski definition) is 5. The monoisotopic (exact) mass is 335 g/mol. The molecule has 2 aliphatic rings. The zero-order chi connectivity index (χ0) is 16.6. The SMILES string of the molecule is CC1CCCN(CC(=O)Nc2nc3c(s2)C(=O)CC(C)(C)C3)C1. The molecular weight excluding hydrogens is 310 g/mol. The maximum atomic E-state index is 12.2. The number of carbonyl (C=O) groups excluding carboxylic acids is 2. The van der Waals surface area contributed by atoms with Crippen molar-refractivity contribution in [3.05, 3.63) is 10.6 Å². The highest BCUT2D eigenvalue weighted by atomic mass is 32.1. The van der Waals surface area contributed by atoms with Gasteiger partial charge in [0.2, 0.25) is 5.91 Å². The van der Waals surface area contributed by atoms with Gasteiger partial charge in [-0.2, -0.15) is 0 Å². The minimum atomic E-state index is -0.0383. The molecule has 1 atom stereocenters. The molecule has 1 fully saturated rings. The Hall–Kier alpha value is -1.27. The molecule has 1 amide bonds. The van der Waals surface area contributed by atoms with Crippen LogP contribution in [0.2, 0.25) is 0 Å². The van der Waals surface area contributed by atoms with Crippen LogP contribution in [0.1, 0.15) is 55.4 Å². The Bertz CT molecular complexity index is 623. The Morgan fingerprint density at radius 3 is 2.96 bits per heavy atom. The van der Waals surface area contributed by atoms with Gasteiger partial charge in [0.15, 0.2) is 10.9 Å². The van der Waals surface area contributed by atoms with Crippen LogP contribution in [0.4, 0.5) is 5.13 Å². The van der Waals surface area contributed by atoms with E-state index in [-0.39, 0.29) is 17.1 Å². The number of piperidine rings is 1. The summed E-state index contributed by atoms with van der Waals surface area (Å²) < 4.78 is 0. The molecule has 23 heavy (non-hydrogen) atoms. The second-order valence-electron chi connectivity index (χ2n) is 7.77. The lowest BCUT2D eigenvalue weighted by Gasteiger charge is -2.29. The van der Waals surface area contributed by atoms with Crippen molar-refractivity contribution in [2.45, 2.75) is 46.5 Å². The zero-order valence-corrected chi connectivity index (χ0v) is 15.0. The Labute approximate surface area is 141 Å². The number of thiazole rings is 1. The summed E-state index contributed by atoms with van der Waals surface area (Å²) >= 11 is 1.32. The second kappa shape index (κ2) is 6.32. The number of Topliss-reactive ketones (excluding diaryl/α,β-unsaturated/α-hetero) is 1. The van der Waals surface area contributed by atoms with Gasteiger partial charge in [-0.25, -0.2) is 4.98 Å². The summed E-state index contributed by atoms with van der Waals surface area (Å²) in [5.41, 5.74) is 0.807. The predicted molar refractivity (Wildman–Crippen MR) is 92.0 cm³/mol. The molecule has 126 valence electrons. The van der Waals surface area contributed by atoms with Crippen molar-refractivity contribution >= 4 is 28.2 Å². The largest absolute Gasteiger partial charge is 0.301 e. The van der Waals surface area contributed by atoms with E-state index in [9.17, 15) is 9.59 Å². The van der Waals surface area contributed by atoms with Gasteiger partial charge in [-0.1, -0.05) is 32.1 Å². The maximum Gasteiger partial charge on any atom is 0.240 e. The van der Waals surface area contributed by atoms with E-state index in [0.717, 1.165) is 36.5 Å². The number of ketones is 1. The Morgan fingerprint density at radius 1 is 1.43 bits per heavy atom. The first-order valence-corrected chi connectivity index (χ1v) is 9.19. The molecule has 1 unspecified atom stereocenters. The van der Waals surface area contributed by atoms with Gasteiger partial charge in [-0.3, -0.25) is 14.5 Å². The third kappa shape index (κ3) is 3.98. The van der Waals surface area contributed by atoms with Crippen LogP contribution < -0.4 is 5.32 Å². The van der Waals surface area contributed by atoms with Gasteiger partial charge in [0.1, 0.15) is 0 Å². The molecule has 1 aliphatic carbocycles. The molecule has 6 heteroatoms. The van der Waals surface area contributed by atoms with Crippen LogP contribution in [-0.4, -0.2) is 41.2 Å². The van der Waals surface area contributed by atoms with Crippen LogP contribution in [0.3, 0.4) is 0 Å². The molecule has 1 aromatic rings. The quantitative estimate of drug-likeness (QED) is 0.922. The summed E-state index contributed by atoms with van der Waals surface area (Å²) in [6.45, 7) is 8.78. The lowest BCUT2D eigenvalue weighted by molar-refractivity contribution is -0.117. The topological polar surface area (TPSA) is 62.3 Å². The molecule has 1 saturated heterocycles. The third-order valence-electron chi connectivity index (χ3n) is 4.59. The van der Waals surface area contributed by atoms with Crippen molar-refractivity contribution < 1.29 is 9.59 Å². The summed E-state index contributed by atoms with van der Waals surface area (Å²) in [5.74, 6) is 0.777. The Kier molecular flexibility index (Phi) is 4.56. The fourth-order valence-electron chi connectivity index (χ4n) is 3.57. The normalized spacial score (nSPS) is 24.3. The summed E-state index contributed by atoms with van der Waals surface area (Å²) in [6.07, 6.45) is 3.75. The van der Waals surface area contributed by atoms with Crippen molar-refractivity contribution in [3.63, 3.8) is 0 Å². The molecule has 5 nitrogen and oxygen atoms in total. The number of nitrogens with one attached hydrogen (secondary N) is 1. The van der Waals surface area contributed by atoms with E-state index in [2.05, 4.69) is 36.0 Å². The van der Waals surface area contributed by atoms with Crippen molar-refractivity contribution in [3.8, 4) is 0 Å². The lowest BCUT2D eigenvalue weighted by Crippen LogP contribution is -2.39. The lowest BCUT2D eigenvalue weighted by atomic mass is 9.78. The molecule has 0 radical (unpaired) electrons. The van der Waals surface area contributed by atoms with E-state index in [1.165, 1.54) is 17.8 Å². The highest BCUT2D eigenvalue weighted by Gasteiger charge is 2.34. The summed E-state index contributed by atoms with van der Waals surface area (Å²) in [4.78, 5) is 31.9. The number of anilines is 1. The highest BCUT2D eigenvalue weighted by molar-refractivity contribution is 7.17. The van der Waals surface area contributed by atoms with E-state index in [4.69, 9.17) is 0 Å². The molecule has 0 spiro atoms. The van der Waals surface area contributed by atoms with Crippen LogP contribution in [-0.2, 0) is 11.2 Å². The smallest absolute Gasteiger partial charge is 0.240 e. The molecule has 0 saturated carbocycles. The van der Waals surface area contributed by atoms with Gasteiger partial charge in [-0.05, 0) is 37.1 Å². The maximum absolute atomic E-state index is 12.2. The number of hydrogen-bond donors (Lipinski definition) is 1. The second-order valence-corrected chi connectivity index (χ2v) is 8.77. The van der Waals surface area contributed by atoms with Gasteiger partial charge in [-0.15, -0.1) is 0 Å². The first kappa shape index (κ1) is 16.6. The average molecular weight is 335 g/mol. The molecule has 3 rings (SSSR count). The predicted octanol–water partition coefficient (Wildman–Crippen LogP) is 2.97. The standard InChI is InChI=1S/C17H25N3O2S/c1-11-5-4-6-20(9-11)10-14(22)19-16-18-12-7-17(2,3)8-13(21)15(12)23-16/h11H,4-10H2,1-3H3,(H,18,19,22). The Morgan fingerprint density at radius 2 is 2.22 bits per heavy atom. The minimum absolute atomic E-state index is 0.0306. The van der Waals surface area contributed by atoms with Crippen molar-refractivity contribution in [1.82, 2.24) is 9.88 Å². The minimum Gasteiger partial charge on any atom is -0.301 e. The Balaban J connectivity index is 1.63. The van der Waals surface area contributed by atoms with E-state index >= 15 is 0 Å². The molecule has 1 aromatic heterocycles. The summed E-state index contributed by atoms with van der Waals surface area (Å²) in [6, 6.07) is 0. The van der Waals surface area contributed by atoms with Crippen LogP contribution in [0.15, 0.2) is 0 Å². The molecule has 2 heterocycles. The number of amides is 1. The number of carbonyl (C=O) groups is 2. The molecule has 1 N–H and O–H groups in total. The van der Waals surface area contributed by atoms with Gasteiger partial charge < -0.3 is 5.32 Å². The number of rotatable bonds is 3. The van der Waals surface area contributed by atoms with Crippen molar-refractivity contribution in [2.75, 3.05) is 25.0 Å². The van der Waals surface area contributed by atoms with Crippen molar-refractivity contribution in [1.29, 1.82) is 0 Å². The van der Waals surface area contributed by atoms with Gasteiger partial charge in [0.25, 0.3) is 0 Å². The van der Waals surface area contributed by atoms with Crippen LogP contribution in [0.5, 0.6) is 0 Å².